The SMILES string of the molecule is CC(C)(O)c1cn(-c2ccc(-c3nccc(Nc4ccc5c(c4)CCNC5=O)n3)cc2)cn1. The van der Waals surface area contributed by atoms with Gasteiger partial charge in [0.1, 0.15) is 11.4 Å². The topological polar surface area (TPSA) is 105 Å². The average molecular weight is 441 g/mol. The Bertz CT molecular complexity index is 1320. The lowest BCUT2D eigenvalue weighted by Crippen LogP contribution is -2.31. The van der Waals surface area contributed by atoms with Crippen LogP contribution in [0.3, 0.4) is 0 Å². The fourth-order valence-electron chi connectivity index (χ4n) is 3.78. The predicted molar refractivity (Wildman–Crippen MR) is 126 cm³/mol. The van der Waals surface area contributed by atoms with Gasteiger partial charge in [0, 0.05) is 41.4 Å². The lowest BCUT2D eigenvalue weighted by Gasteiger charge is -2.17. The highest BCUT2D eigenvalue weighted by atomic mass is 16.3. The number of nitrogens with zero attached hydrogens (tertiary/aromatic N) is 4. The number of amides is 1. The van der Waals surface area contributed by atoms with Gasteiger partial charge >= 0.3 is 0 Å². The molecule has 5 rings (SSSR count). The molecule has 0 radical (unpaired) electrons. The molecule has 1 amide bonds. The summed E-state index contributed by atoms with van der Waals surface area (Å²) in [6.07, 6.45) is 6.03. The summed E-state index contributed by atoms with van der Waals surface area (Å²) < 4.78 is 1.87. The smallest absolute Gasteiger partial charge is 0.251 e. The number of nitrogens with one attached hydrogen (secondary N) is 2. The van der Waals surface area contributed by atoms with Gasteiger partial charge in [0.2, 0.25) is 0 Å². The Balaban J connectivity index is 1.35. The molecule has 3 heterocycles. The first kappa shape index (κ1) is 20.8. The van der Waals surface area contributed by atoms with E-state index in [0.717, 1.165) is 34.5 Å². The zero-order valence-electron chi connectivity index (χ0n) is 18.4. The molecular weight excluding hydrogens is 416 g/mol. The minimum atomic E-state index is -0.989. The van der Waals surface area contributed by atoms with E-state index in [2.05, 4.69) is 25.6 Å². The van der Waals surface area contributed by atoms with Gasteiger partial charge in [0.05, 0.1) is 12.0 Å². The number of carbonyl (C=O) groups is 1. The van der Waals surface area contributed by atoms with E-state index in [0.29, 0.717) is 23.9 Å². The van der Waals surface area contributed by atoms with Crippen LogP contribution in [0.4, 0.5) is 11.5 Å². The highest BCUT2D eigenvalue weighted by Crippen LogP contribution is 2.24. The lowest BCUT2D eigenvalue weighted by atomic mass is 10.00. The highest BCUT2D eigenvalue weighted by molar-refractivity contribution is 5.97. The summed E-state index contributed by atoms with van der Waals surface area (Å²) >= 11 is 0. The van der Waals surface area contributed by atoms with Crippen molar-refractivity contribution >= 4 is 17.4 Å². The molecule has 0 atom stereocenters. The third kappa shape index (κ3) is 4.33. The van der Waals surface area contributed by atoms with Crippen LogP contribution in [0, 0.1) is 0 Å². The number of carbonyl (C=O) groups excluding carboxylic acids is 1. The summed E-state index contributed by atoms with van der Waals surface area (Å²) in [6.45, 7) is 4.07. The second kappa shape index (κ2) is 8.14. The van der Waals surface area contributed by atoms with Crippen molar-refractivity contribution in [3.05, 3.63) is 84.1 Å². The van der Waals surface area contributed by atoms with Crippen LogP contribution in [0.5, 0.6) is 0 Å². The van der Waals surface area contributed by atoms with Crippen molar-refractivity contribution in [2.24, 2.45) is 0 Å². The molecule has 0 spiro atoms. The first-order valence-electron chi connectivity index (χ1n) is 10.8. The summed E-state index contributed by atoms with van der Waals surface area (Å²) in [5.74, 6) is 1.25. The third-order valence-corrected chi connectivity index (χ3v) is 5.59. The van der Waals surface area contributed by atoms with Crippen molar-refractivity contribution < 1.29 is 9.90 Å². The van der Waals surface area contributed by atoms with Gasteiger partial charge in [-0.2, -0.15) is 0 Å². The van der Waals surface area contributed by atoms with Crippen molar-refractivity contribution in [2.75, 3.05) is 11.9 Å². The van der Waals surface area contributed by atoms with E-state index in [-0.39, 0.29) is 5.91 Å². The number of aliphatic hydroxyl groups is 1. The molecule has 8 heteroatoms. The predicted octanol–water partition coefficient (Wildman–Crippen LogP) is 3.59. The number of benzene rings is 2. The van der Waals surface area contributed by atoms with E-state index in [1.165, 1.54) is 0 Å². The Morgan fingerprint density at radius 3 is 2.67 bits per heavy atom. The van der Waals surface area contributed by atoms with Gasteiger partial charge < -0.3 is 20.3 Å². The van der Waals surface area contributed by atoms with Crippen LogP contribution in [-0.2, 0) is 12.0 Å². The van der Waals surface area contributed by atoms with E-state index in [1.807, 2.05) is 59.3 Å². The van der Waals surface area contributed by atoms with Gasteiger partial charge in [-0.3, -0.25) is 4.79 Å². The molecule has 8 nitrogen and oxygen atoms in total. The summed E-state index contributed by atoms with van der Waals surface area (Å²) in [5.41, 5.74) is 4.06. The Hall–Kier alpha value is -4.04. The molecule has 0 saturated heterocycles. The van der Waals surface area contributed by atoms with E-state index in [9.17, 15) is 9.90 Å². The molecule has 33 heavy (non-hydrogen) atoms. The number of hydrogen-bond donors (Lipinski definition) is 3. The lowest BCUT2D eigenvalue weighted by molar-refractivity contribution is 0.0742. The zero-order chi connectivity index (χ0) is 23.0. The van der Waals surface area contributed by atoms with Gasteiger partial charge in [-0.25, -0.2) is 15.0 Å². The fraction of sp³-hybridized carbons (Fsp3) is 0.200. The van der Waals surface area contributed by atoms with Gasteiger partial charge in [0.15, 0.2) is 5.82 Å². The van der Waals surface area contributed by atoms with Gasteiger partial charge in [0.25, 0.3) is 5.91 Å². The van der Waals surface area contributed by atoms with Crippen LogP contribution in [-0.4, -0.2) is 37.1 Å². The van der Waals surface area contributed by atoms with Crippen LogP contribution < -0.4 is 10.6 Å². The second-order valence-electron chi connectivity index (χ2n) is 8.54. The largest absolute Gasteiger partial charge is 0.384 e. The number of fused-ring (bicyclic) bond motifs is 1. The quantitative estimate of drug-likeness (QED) is 0.438. The number of imidazole rings is 1. The molecule has 0 saturated carbocycles. The molecule has 4 aromatic rings. The van der Waals surface area contributed by atoms with Crippen LogP contribution in [0.25, 0.3) is 17.1 Å². The van der Waals surface area contributed by atoms with E-state index < -0.39 is 5.60 Å². The van der Waals surface area contributed by atoms with Crippen LogP contribution in [0.1, 0.15) is 35.5 Å². The molecular formula is C25H24N6O2. The van der Waals surface area contributed by atoms with Crippen molar-refractivity contribution in [1.29, 1.82) is 0 Å². The molecule has 3 N–H and O–H groups in total. The molecule has 0 unspecified atom stereocenters. The monoisotopic (exact) mass is 440 g/mol. The molecule has 2 aromatic carbocycles. The summed E-state index contributed by atoms with van der Waals surface area (Å²) in [5, 5.41) is 16.3. The van der Waals surface area contributed by atoms with Crippen molar-refractivity contribution in [1.82, 2.24) is 24.8 Å². The number of hydrogen-bond acceptors (Lipinski definition) is 6. The minimum absolute atomic E-state index is 0.0254. The molecule has 166 valence electrons. The third-order valence-electron chi connectivity index (χ3n) is 5.59. The van der Waals surface area contributed by atoms with Crippen LogP contribution in [0.15, 0.2) is 67.3 Å². The summed E-state index contributed by atoms with van der Waals surface area (Å²) in [4.78, 5) is 25.3. The molecule has 0 aliphatic carbocycles. The molecule has 0 bridgehead atoms. The number of aromatic nitrogens is 4. The van der Waals surface area contributed by atoms with Crippen molar-refractivity contribution in [2.45, 2.75) is 25.9 Å². The van der Waals surface area contributed by atoms with E-state index in [1.54, 1.807) is 26.4 Å². The summed E-state index contributed by atoms with van der Waals surface area (Å²) in [6, 6.07) is 15.4. The first-order chi connectivity index (χ1) is 15.9. The first-order valence-corrected chi connectivity index (χ1v) is 10.8. The maximum absolute atomic E-state index is 11.9. The normalized spacial score (nSPS) is 13.4. The maximum Gasteiger partial charge on any atom is 0.251 e. The van der Waals surface area contributed by atoms with E-state index in [4.69, 9.17) is 0 Å². The molecule has 0 fully saturated rings. The second-order valence-corrected chi connectivity index (χ2v) is 8.54. The molecule has 2 aromatic heterocycles. The van der Waals surface area contributed by atoms with Crippen molar-refractivity contribution in [3.63, 3.8) is 0 Å². The standard InChI is InChI=1S/C25H24N6O2/c1-25(2,33)21-14-31(15-28-21)19-6-3-16(4-7-19)23-26-12-10-22(30-23)29-18-5-8-20-17(13-18)9-11-27-24(20)32/h3-8,10,12-15,33H,9,11H2,1-2H3,(H,27,32)(H,26,29,30). The average Bonchev–Trinajstić information content (AvgIpc) is 3.31. The van der Waals surface area contributed by atoms with E-state index >= 15 is 0 Å². The fourth-order valence-corrected chi connectivity index (χ4v) is 3.78. The number of rotatable bonds is 5. The van der Waals surface area contributed by atoms with Crippen molar-refractivity contribution in [3.8, 4) is 17.1 Å². The minimum Gasteiger partial charge on any atom is -0.384 e. The molecule has 1 aliphatic heterocycles. The van der Waals surface area contributed by atoms with Crippen LogP contribution >= 0.6 is 0 Å². The summed E-state index contributed by atoms with van der Waals surface area (Å²) in [7, 11) is 0. The molecule has 1 aliphatic rings. The Morgan fingerprint density at radius 2 is 1.91 bits per heavy atom. The van der Waals surface area contributed by atoms with Gasteiger partial charge in [-0.1, -0.05) is 0 Å². The Morgan fingerprint density at radius 1 is 1.09 bits per heavy atom. The van der Waals surface area contributed by atoms with Crippen LogP contribution in [0.2, 0.25) is 0 Å². The highest BCUT2D eigenvalue weighted by Gasteiger charge is 2.19. The van der Waals surface area contributed by atoms with Gasteiger partial charge in [-0.15, -0.1) is 0 Å². The Labute approximate surface area is 191 Å². The number of anilines is 2. The zero-order valence-corrected chi connectivity index (χ0v) is 18.4. The maximum atomic E-state index is 11.9. The van der Waals surface area contributed by atoms with Gasteiger partial charge in [-0.05, 0) is 74.4 Å². The Kier molecular flexibility index (Phi) is 5.14.